The van der Waals surface area contributed by atoms with Crippen LogP contribution < -0.4 is 15.4 Å². The molecule has 0 bridgehead atoms. The number of sulfonamides is 1. The summed E-state index contributed by atoms with van der Waals surface area (Å²) in [6, 6.07) is -0.0860. The van der Waals surface area contributed by atoms with Crippen molar-refractivity contribution in [3.8, 4) is 0 Å². The van der Waals surface area contributed by atoms with E-state index in [0.717, 1.165) is 0 Å². The van der Waals surface area contributed by atoms with Crippen molar-refractivity contribution in [2.45, 2.75) is 32.0 Å². The first kappa shape index (κ1) is 24.7. The Morgan fingerprint density at radius 2 is 2.00 bits per heavy atom. The van der Waals surface area contributed by atoms with E-state index >= 15 is 0 Å². The average Bonchev–Trinajstić information content (AvgIpc) is 2.90. The highest BCUT2D eigenvalue weighted by atomic mass is 127. The van der Waals surface area contributed by atoms with Gasteiger partial charge in [-0.3, -0.25) is 9.89 Å². The highest BCUT2D eigenvalue weighted by Crippen LogP contribution is 2.19. The Hall–Kier alpha value is -0.340. The van der Waals surface area contributed by atoms with Gasteiger partial charge in [-0.1, -0.05) is 0 Å². The molecule has 25 heavy (non-hydrogen) atoms. The molecule has 0 aliphatic carbocycles. The number of aliphatic imine (C=N–C) groups is 1. The fourth-order valence-electron chi connectivity index (χ4n) is 2.36. The maximum absolute atomic E-state index is 12.4. The van der Waals surface area contributed by atoms with Crippen LogP contribution in [-0.4, -0.2) is 77.0 Å². The maximum atomic E-state index is 12.4. The fourth-order valence-corrected chi connectivity index (χ4v) is 3.02. The molecule has 1 saturated heterocycles. The second-order valence-electron chi connectivity index (χ2n) is 5.63. The van der Waals surface area contributed by atoms with Gasteiger partial charge in [0.05, 0.1) is 12.3 Å². The van der Waals surface area contributed by atoms with Gasteiger partial charge in [-0.2, -0.15) is 13.2 Å². The van der Waals surface area contributed by atoms with E-state index in [4.69, 9.17) is 0 Å². The Balaban J connectivity index is 0.00000576. The zero-order valence-electron chi connectivity index (χ0n) is 14.4. The van der Waals surface area contributed by atoms with E-state index in [1.807, 2.05) is 0 Å². The number of alkyl halides is 3. The van der Waals surface area contributed by atoms with Gasteiger partial charge < -0.3 is 10.6 Å². The van der Waals surface area contributed by atoms with Gasteiger partial charge in [0.1, 0.15) is 0 Å². The number of hydrogen-bond acceptors (Lipinski definition) is 4. The standard InChI is InChI=1S/C13H26F3N5O2S.HI/c1-3-24(22,23)19-7-4-6-18-12(17-2)20-11-5-8-21(9-11)10-13(14,15)16;/h11,19H,3-10H2,1-2H3,(H2,17,18,20);1H. The van der Waals surface area contributed by atoms with Gasteiger partial charge >= 0.3 is 6.18 Å². The van der Waals surface area contributed by atoms with Gasteiger partial charge in [0, 0.05) is 39.3 Å². The molecule has 0 spiro atoms. The summed E-state index contributed by atoms with van der Waals surface area (Å²) in [5, 5.41) is 6.12. The van der Waals surface area contributed by atoms with Crippen LogP contribution >= 0.6 is 24.0 Å². The number of nitrogens with zero attached hydrogens (tertiary/aromatic N) is 2. The lowest BCUT2D eigenvalue weighted by Gasteiger charge is -2.19. The first-order valence-electron chi connectivity index (χ1n) is 7.89. The number of rotatable bonds is 8. The second-order valence-corrected chi connectivity index (χ2v) is 7.73. The summed E-state index contributed by atoms with van der Waals surface area (Å²) in [4.78, 5) is 5.39. The van der Waals surface area contributed by atoms with Crippen LogP contribution in [0.1, 0.15) is 19.8 Å². The van der Waals surface area contributed by atoms with E-state index in [0.29, 0.717) is 45.0 Å². The van der Waals surface area contributed by atoms with E-state index in [9.17, 15) is 21.6 Å². The molecule has 0 radical (unpaired) electrons. The van der Waals surface area contributed by atoms with Crippen LogP contribution in [-0.2, 0) is 10.0 Å². The zero-order chi connectivity index (χ0) is 18.2. The molecular formula is C13H27F3IN5O2S. The minimum atomic E-state index is -4.18. The smallest absolute Gasteiger partial charge is 0.356 e. The highest BCUT2D eigenvalue weighted by molar-refractivity contribution is 14.0. The summed E-state index contributed by atoms with van der Waals surface area (Å²) in [5.74, 6) is 0.548. The third-order valence-corrected chi connectivity index (χ3v) is 4.99. The van der Waals surface area contributed by atoms with Crippen LogP contribution in [0.3, 0.4) is 0 Å². The third kappa shape index (κ3) is 11.1. The molecule has 0 amide bonds. The van der Waals surface area contributed by atoms with Crippen molar-refractivity contribution in [2.75, 3.05) is 45.5 Å². The van der Waals surface area contributed by atoms with Crippen LogP contribution in [0, 0.1) is 0 Å². The molecule has 1 rings (SSSR count). The molecule has 1 aliphatic rings. The molecule has 0 aromatic heterocycles. The number of guanidine groups is 1. The van der Waals surface area contributed by atoms with Crippen molar-refractivity contribution in [1.82, 2.24) is 20.3 Å². The quantitative estimate of drug-likeness (QED) is 0.198. The molecule has 3 N–H and O–H groups in total. The minimum absolute atomic E-state index is 0. The molecule has 150 valence electrons. The van der Waals surface area contributed by atoms with Crippen LogP contribution in [0.4, 0.5) is 13.2 Å². The van der Waals surface area contributed by atoms with E-state index in [2.05, 4.69) is 20.3 Å². The van der Waals surface area contributed by atoms with Crippen molar-refractivity contribution < 1.29 is 21.6 Å². The van der Waals surface area contributed by atoms with Crippen molar-refractivity contribution >= 4 is 40.0 Å². The lowest BCUT2D eigenvalue weighted by Crippen LogP contribution is -2.45. The molecule has 1 heterocycles. The summed E-state index contributed by atoms with van der Waals surface area (Å²) < 4.78 is 62.1. The number of likely N-dealkylation sites (tertiary alicyclic amines) is 1. The molecule has 1 atom stereocenters. The maximum Gasteiger partial charge on any atom is 0.401 e. The summed E-state index contributed by atoms with van der Waals surface area (Å²) in [6.45, 7) is 2.21. The van der Waals surface area contributed by atoms with Gasteiger partial charge in [0.2, 0.25) is 10.0 Å². The average molecular weight is 501 g/mol. The van der Waals surface area contributed by atoms with Crippen LogP contribution in [0.15, 0.2) is 4.99 Å². The Morgan fingerprint density at radius 3 is 2.56 bits per heavy atom. The van der Waals surface area contributed by atoms with Crippen LogP contribution in [0.2, 0.25) is 0 Å². The first-order valence-corrected chi connectivity index (χ1v) is 9.54. The third-order valence-electron chi connectivity index (χ3n) is 3.59. The summed E-state index contributed by atoms with van der Waals surface area (Å²) >= 11 is 0. The molecule has 0 aromatic rings. The van der Waals surface area contributed by atoms with Gasteiger partial charge in [-0.05, 0) is 19.8 Å². The van der Waals surface area contributed by atoms with Crippen molar-refractivity contribution in [1.29, 1.82) is 0 Å². The molecule has 1 fully saturated rings. The van der Waals surface area contributed by atoms with Gasteiger partial charge in [-0.25, -0.2) is 13.1 Å². The second kappa shape index (κ2) is 11.4. The topological polar surface area (TPSA) is 85.8 Å². The predicted octanol–water partition coefficient (Wildman–Crippen LogP) is 0.735. The molecule has 12 heteroatoms. The largest absolute Gasteiger partial charge is 0.401 e. The number of nitrogens with one attached hydrogen (secondary N) is 3. The van der Waals surface area contributed by atoms with Crippen molar-refractivity contribution in [3.05, 3.63) is 0 Å². The van der Waals surface area contributed by atoms with E-state index in [1.165, 1.54) is 4.90 Å². The summed E-state index contributed by atoms with van der Waals surface area (Å²) in [6.07, 6.45) is -2.99. The van der Waals surface area contributed by atoms with Gasteiger partial charge in [0.25, 0.3) is 0 Å². The monoisotopic (exact) mass is 501 g/mol. The summed E-state index contributed by atoms with van der Waals surface area (Å²) in [5.41, 5.74) is 0. The van der Waals surface area contributed by atoms with Crippen molar-refractivity contribution in [2.24, 2.45) is 4.99 Å². The highest BCUT2D eigenvalue weighted by Gasteiger charge is 2.34. The molecular weight excluding hydrogens is 474 g/mol. The van der Waals surface area contributed by atoms with Crippen LogP contribution in [0.25, 0.3) is 0 Å². The Morgan fingerprint density at radius 1 is 1.32 bits per heavy atom. The molecule has 1 aliphatic heterocycles. The Kier molecular flexibility index (Phi) is 11.2. The lowest BCUT2D eigenvalue weighted by atomic mass is 10.3. The van der Waals surface area contributed by atoms with Crippen LogP contribution in [0.5, 0.6) is 0 Å². The number of halogens is 4. The van der Waals surface area contributed by atoms with E-state index < -0.39 is 22.7 Å². The molecule has 7 nitrogen and oxygen atoms in total. The van der Waals surface area contributed by atoms with Gasteiger partial charge in [0.15, 0.2) is 5.96 Å². The predicted molar refractivity (Wildman–Crippen MR) is 103 cm³/mol. The molecule has 0 aromatic carbocycles. The Bertz CT molecular complexity index is 516. The number of hydrogen-bond donors (Lipinski definition) is 3. The lowest BCUT2D eigenvalue weighted by molar-refractivity contribution is -0.143. The summed E-state index contributed by atoms with van der Waals surface area (Å²) in [7, 11) is -1.61. The van der Waals surface area contributed by atoms with E-state index in [1.54, 1.807) is 14.0 Å². The Labute approximate surface area is 164 Å². The first-order chi connectivity index (χ1) is 11.1. The normalized spacial score (nSPS) is 19.6. The zero-order valence-corrected chi connectivity index (χ0v) is 17.5. The van der Waals surface area contributed by atoms with Crippen molar-refractivity contribution in [3.63, 3.8) is 0 Å². The van der Waals surface area contributed by atoms with E-state index in [-0.39, 0.29) is 35.8 Å². The molecule has 1 unspecified atom stereocenters. The van der Waals surface area contributed by atoms with Gasteiger partial charge in [-0.15, -0.1) is 24.0 Å². The fraction of sp³-hybridized carbons (Fsp3) is 0.923. The minimum Gasteiger partial charge on any atom is -0.356 e. The SMILES string of the molecule is CCS(=O)(=O)NCCCNC(=NC)NC1CCN(CC(F)(F)F)C1.I. The molecule has 0 saturated carbocycles.